The van der Waals surface area contributed by atoms with Crippen LogP contribution in [0, 0.1) is 0 Å². The molecule has 0 spiro atoms. The van der Waals surface area contributed by atoms with E-state index in [-0.39, 0.29) is 5.82 Å². The molecule has 146 valence electrons. The molecule has 0 amide bonds. The molecule has 0 bridgehead atoms. The molecule has 1 fully saturated rings. The molecular formula is C20H19F3N4O. The minimum absolute atomic E-state index is 0.170. The maximum Gasteiger partial charge on any atom is 0.416 e. The van der Waals surface area contributed by atoms with Gasteiger partial charge in [0.2, 0.25) is 11.7 Å². The summed E-state index contributed by atoms with van der Waals surface area (Å²) < 4.78 is 43.9. The number of anilines is 1. The molecule has 2 heterocycles. The van der Waals surface area contributed by atoms with E-state index in [2.05, 4.69) is 32.1 Å². The zero-order valence-corrected chi connectivity index (χ0v) is 15.1. The highest BCUT2D eigenvalue weighted by Crippen LogP contribution is 2.31. The van der Waals surface area contributed by atoms with Crippen molar-refractivity contribution in [2.75, 3.05) is 31.1 Å². The van der Waals surface area contributed by atoms with E-state index in [0.29, 0.717) is 18.0 Å². The van der Waals surface area contributed by atoms with E-state index in [1.165, 1.54) is 11.8 Å². The molecule has 1 saturated heterocycles. The van der Waals surface area contributed by atoms with Gasteiger partial charge in [0.05, 0.1) is 12.1 Å². The molecule has 8 heteroatoms. The predicted octanol–water partition coefficient (Wildman–Crippen LogP) is 4.08. The van der Waals surface area contributed by atoms with Gasteiger partial charge in [-0.3, -0.25) is 4.90 Å². The second kappa shape index (κ2) is 7.63. The first-order valence-corrected chi connectivity index (χ1v) is 9.01. The maximum absolute atomic E-state index is 12.9. The molecular weight excluding hydrogens is 369 g/mol. The summed E-state index contributed by atoms with van der Waals surface area (Å²) in [4.78, 5) is 8.79. The van der Waals surface area contributed by atoms with Crippen molar-refractivity contribution in [1.29, 1.82) is 0 Å². The molecule has 0 radical (unpaired) electrons. The first-order valence-electron chi connectivity index (χ1n) is 9.01. The Hall–Kier alpha value is -2.87. The van der Waals surface area contributed by atoms with Gasteiger partial charge in [-0.2, -0.15) is 18.2 Å². The van der Waals surface area contributed by atoms with Gasteiger partial charge in [-0.25, -0.2) is 0 Å². The Morgan fingerprint density at radius 2 is 1.68 bits per heavy atom. The number of piperazine rings is 1. The Morgan fingerprint density at radius 1 is 0.929 bits per heavy atom. The van der Waals surface area contributed by atoms with Crippen LogP contribution in [-0.2, 0) is 12.7 Å². The molecule has 2 aromatic carbocycles. The molecule has 28 heavy (non-hydrogen) atoms. The Balaban J connectivity index is 1.38. The van der Waals surface area contributed by atoms with Crippen LogP contribution in [0.25, 0.3) is 11.4 Å². The summed E-state index contributed by atoms with van der Waals surface area (Å²) in [7, 11) is 0. The third kappa shape index (κ3) is 4.17. The van der Waals surface area contributed by atoms with E-state index in [1.807, 2.05) is 18.2 Å². The monoisotopic (exact) mass is 388 g/mol. The highest BCUT2D eigenvalue weighted by Gasteiger charge is 2.30. The number of hydrogen-bond acceptors (Lipinski definition) is 5. The van der Waals surface area contributed by atoms with E-state index < -0.39 is 11.7 Å². The molecule has 5 nitrogen and oxygen atoms in total. The van der Waals surface area contributed by atoms with Crippen LogP contribution >= 0.6 is 0 Å². The minimum atomic E-state index is -4.40. The van der Waals surface area contributed by atoms with Crippen LogP contribution in [-0.4, -0.2) is 41.2 Å². The van der Waals surface area contributed by atoms with Gasteiger partial charge >= 0.3 is 6.18 Å². The van der Waals surface area contributed by atoms with Crippen molar-refractivity contribution >= 4 is 5.69 Å². The minimum Gasteiger partial charge on any atom is -0.369 e. The van der Waals surface area contributed by atoms with Crippen molar-refractivity contribution in [2.45, 2.75) is 12.7 Å². The number of benzene rings is 2. The summed E-state index contributed by atoms with van der Waals surface area (Å²) >= 11 is 0. The van der Waals surface area contributed by atoms with E-state index in [9.17, 15) is 13.2 Å². The fourth-order valence-electron chi connectivity index (χ4n) is 3.27. The van der Waals surface area contributed by atoms with Gasteiger partial charge < -0.3 is 9.42 Å². The lowest BCUT2D eigenvalue weighted by molar-refractivity contribution is -0.137. The van der Waals surface area contributed by atoms with Gasteiger partial charge in [0.15, 0.2) is 0 Å². The Kier molecular flexibility index (Phi) is 5.04. The van der Waals surface area contributed by atoms with Crippen LogP contribution in [0.4, 0.5) is 18.9 Å². The summed E-state index contributed by atoms with van der Waals surface area (Å²) in [6, 6.07) is 15.2. The smallest absolute Gasteiger partial charge is 0.369 e. The topological polar surface area (TPSA) is 45.4 Å². The summed E-state index contributed by atoms with van der Waals surface area (Å²) in [6.45, 7) is 3.94. The molecule has 0 aliphatic carbocycles. The predicted molar refractivity (Wildman–Crippen MR) is 98.7 cm³/mol. The number of nitrogens with zero attached hydrogens (tertiary/aromatic N) is 4. The maximum atomic E-state index is 12.9. The average Bonchev–Trinajstić information content (AvgIpc) is 3.17. The van der Waals surface area contributed by atoms with Crippen molar-refractivity contribution in [3.63, 3.8) is 0 Å². The van der Waals surface area contributed by atoms with Gasteiger partial charge in [0.25, 0.3) is 0 Å². The second-order valence-corrected chi connectivity index (χ2v) is 6.69. The van der Waals surface area contributed by atoms with Crippen LogP contribution < -0.4 is 4.90 Å². The number of aromatic nitrogens is 2. The summed E-state index contributed by atoms with van der Waals surface area (Å²) in [6.07, 6.45) is -4.40. The van der Waals surface area contributed by atoms with Gasteiger partial charge in [-0.05, 0) is 24.3 Å². The fourth-order valence-corrected chi connectivity index (χ4v) is 3.27. The quantitative estimate of drug-likeness (QED) is 0.674. The van der Waals surface area contributed by atoms with Crippen molar-refractivity contribution in [3.05, 3.63) is 66.1 Å². The van der Waals surface area contributed by atoms with Crippen molar-refractivity contribution < 1.29 is 17.7 Å². The Morgan fingerprint density at radius 3 is 2.39 bits per heavy atom. The summed E-state index contributed by atoms with van der Waals surface area (Å²) in [5, 5.41) is 3.85. The first kappa shape index (κ1) is 18.5. The normalized spacial score (nSPS) is 15.8. The number of halogens is 3. The Bertz CT molecular complexity index is 918. The molecule has 1 aromatic heterocycles. The molecule has 4 rings (SSSR count). The number of alkyl halides is 3. The summed E-state index contributed by atoms with van der Waals surface area (Å²) in [5.74, 6) is 0.574. The van der Waals surface area contributed by atoms with Gasteiger partial charge in [-0.1, -0.05) is 35.5 Å². The van der Waals surface area contributed by atoms with Crippen LogP contribution in [0.15, 0.2) is 59.1 Å². The molecule has 0 atom stereocenters. The number of rotatable bonds is 4. The van der Waals surface area contributed by atoms with Crippen LogP contribution in [0.3, 0.4) is 0 Å². The first-order chi connectivity index (χ1) is 13.5. The molecule has 1 aliphatic heterocycles. The fraction of sp³-hybridized carbons (Fsp3) is 0.300. The molecule has 0 saturated carbocycles. The van der Waals surface area contributed by atoms with Crippen molar-refractivity contribution in [1.82, 2.24) is 15.0 Å². The van der Waals surface area contributed by atoms with E-state index in [4.69, 9.17) is 4.52 Å². The highest BCUT2D eigenvalue weighted by molar-refractivity contribution is 5.55. The van der Waals surface area contributed by atoms with Crippen LogP contribution in [0.1, 0.15) is 11.5 Å². The van der Waals surface area contributed by atoms with Crippen LogP contribution in [0.2, 0.25) is 0 Å². The van der Waals surface area contributed by atoms with Crippen LogP contribution in [0.5, 0.6) is 0 Å². The third-order valence-electron chi connectivity index (χ3n) is 4.77. The van der Waals surface area contributed by atoms with Gasteiger partial charge in [-0.15, -0.1) is 0 Å². The van der Waals surface area contributed by atoms with Gasteiger partial charge in [0, 0.05) is 37.4 Å². The highest BCUT2D eigenvalue weighted by atomic mass is 19.4. The second-order valence-electron chi connectivity index (χ2n) is 6.69. The standard InChI is InChI=1S/C20H19F3N4O/c21-20(22,23)16-6-4-5-15(13-16)19-24-18(28-25-19)14-26-9-11-27(12-10-26)17-7-2-1-3-8-17/h1-8,13H,9-12,14H2. The molecule has 0 unspecified atom stereocenters. The van der Waals surface area contributed by atoms with Gasteiger partial charge in [0.1, 0.15) is 0 Å². The lowest BCUT2D eigenvalue weighted by Gasteiger charge is -2.35. The lowest BCUT2D eigenvalue weighted by Crippen LogP contribution is -2.46. The van der Waals surface area contributed by atoms with Crippen molar-refractivity contribution in [3.8, 4) is 11.4 Å². The molecule has 1 aliphatic rings. The molecule has 3 aromatic rings. The average molecular weight is 388 g/mol. The zero-order chi connectivity index (χ0) is 19.6. The lowest BCUT2D eigenvalue weighted by atomic mass is 10.1. The van der Waals surface area contributed by atoms with E-state index in [1.54, 1.807) is 6.07 Å². The SMILES string of the molecule is FC(F)(F)c1cccc(-c2noc(CN3CCN(c4ccccc4)CC3)n2)c1. The van der Waals surface area contributed by atoms with Crippen molar-refractivity contribution in [2.24, 2.45) is 0 Å². The largest absolute Gasteiger partial charge is 0.416 e. The third-order valence-corrected chi connectivity index (χ3v) is 4.77. The summed E-state index contributed by atoms with van der Waals surface area (Å²) in [5.41, 5.74) is 0.763. The Labute approximate surface area is 160 Å². The van der Waals surface area contributed by atoms with E-state index >= 15 is 0 Å². The number of hydrogen-bond donors (Lipinski definition) is 0. The zero-order valence-electron chi connectivity index (χ0n) is 15.1. The number of para-hydroxylation sites is 1. The van der Waals surface area contributed by atoms with E-state index in [0.717, 1.165) is 38.3 Å². The molecule has 0 N–H and O–H groups in total.